The van der Waals surface area contributed by atoms with Crippen LogP contribution in [0.15, 0.2) is 47.5 Å². The Labute approximate surface area is 135 Å². The van der Waals surface area contributed by atoms with Crippen LogP contribution >= 0.6 is 0 Å². The normalized spacial score (nSPS) is 11.4. The number of pyridine rings is 1. The van der Waals surface area contributed by atoms with Gasteiger partial charge in [0.05, 0.1) is 4.90 Å². The van der Waals surface area contributed by atoms with Gasteiger partial charge in [0.15, 0.2) is 0 Å². The van der Waals surface area contributed by atoms with Crippen molar-refractivity contribution in [2.24, 2.45) is 5.73 Å². The van der Waals surface area contributed by atoms with Gasteiger partial charge in [-0.2, -0.15) is 0 Å². The maximum Gasteiger partial charge on any atom is 0.267 e. The smallest absolute Gasteiger partial charge is 0.267 e. The molecule has 122 valence electrons. The van der Waals surface area contributed by atoms with Crippen LogP contribution < -0.4 is 11.1 Å². The van der Waals surface area contributed by atoms with Gasteiger partial charge in [-0.25, -0.2) is 12.7 Å². The summed E-state index contributed by atoms with van der Waals surface area (Å²) in [6.07, 6.45) is 1.46. The van der Waals surface area contributed by atoms with Crippen LogP contribution in [-0.4, -0.2) is 37.7 Å². The van der Waals surface area contributed by atoms with Crippen LogP contribution in [0.4, 0.5) is 5.69 Å². The van der Waals surface area contributed by atoms with E-state index >= 15 is 0 Å². The van der Waals surface area contributed by atoms with Gasteiger partial charge in [0, 0.05) is 32.5 Å². The first kappa shape index (κ1) is 16.9. The number of anilines is 1. The Morgan fingerprint density at radius 3 is 2.61 bits per heavy atom. The summed E-state index contributed by atoms with van der Waals surface area (Å²) in [5, 5.41) is 3.08. The molecule has 23 heavy (non-hydrogen) atoms. The number of benzene rings is 1. The second-order valence-corrected chi connectivity index (χ2v) is 7.16. The van der Waals surface area contributed by atoms with Gasteiger partial charge < -0.3 is 11.1 Å². The molecule has 0 aliphatic heterocycles. The van der Waals surface area contributed by atoms with Gasteiger partial charge in [-0.05, 0) is 23.8 Å². The van der Waals surface area contributed by atoms with Crippen LogP contribution in [0.1, 0.15) is 16.1 Å². The van der Waals surface area contributed by atoms with Crippen molar-refractivity contribution in [1.29, 1.82) is 0 Å². The fraction of sp³-hybridized carbons (Fsp3) is 0.200. The topological polar surface area (TPSA) is 105 Å². The summed E-state index contributed by atoms with van der Waals surface area (Å²) in [4.78, 5) is 15.2. The average molecular weight is 334 g/mol. The molecule has 0 aliphatic carbocycles. The summed E-state index contributed by atoms with van der Waals surface area (Å²) in [5.41, 5.74) is 6.59. The molecule has 0 radical (unpaired) electrons. The molecular formula is C15H18N4O3S. The molecule has 1 heterocycles. The van der Waals surface area contributed by atoms with Gasteiger partial charge in [-0.3, -0.25) is 9.78 Å². The van der Waals surface area contributed by atoms with E-state index in [9.17, 15) is 13.2 Å². The molecule has 0 aliphatic rings. The minimum absolute atomic E-state index is 0.143. The van der Waals surface area contributed by atoms with Crippen LogP contribution in [0, 0.1) is 0 Å². The molecule has 0 spiro atoms. The third kappa shape index (κ3) is 3.85. The second-order valence-electron chi connectivity index (χ2n) is 5.04. The minimum atomic E-state index is -3.53. The quantitative estimate of drug-likeness (QED) is 0.821. The van der Waals surface area contributed by atoms with Crippen LogP contribution in [0.2, 0.25) is 0 Å². The highest BCUT2D eigenvalue weighted by molar-refractivity contribution is 7.89. The molecular weight excluding hydrogens is 316 g/mol. The van der Waals surface area contributed by atoms with E-state index in [-0.39, 0.29) is 17.1 Å². The van der Waals surface area contributed by atoms with E-state index in [4.69, 9.17) is 5.73 Å². The summed E-state index contributed by atoms with van der Waals surface area (Å²) in [6, 6.07) is 9.94. The summed E-state index contributed by atoms with van der Waals surface area (Å²) in [7, 11) is -0.551. The fourth-order valence-electron chi connectivity index (χ4n) is 1.97. The zero-order chi connectivity index (χ0) is 17.0. The van der Waals surface area contributed by atoms with Gasteiger partial charge >= 0.3 is 0 Å². The van der Waals surface area contributed by atoms with Crippen molar-refractivity contribution in [1.82, 2.24) is 9.29 Å². The molecule has 8 heteroatoms. The molecule has 1 aromatic carbocycles. The molecule has 1 aromatic heterocycles. The highest BCUT2D eigenvalue weighted by atomic mass is 32.2. The van der Waals surface area contributed by atoms with E-state index in [1.165, 1.54) is 30.7 Å². The number of nitrogens with two attached hydrogens (primary N) is 1. The third-order valence-electron chi connectivity index (χ3n) is 3.23. The summed E-state index contributed by atoms with van der Waals surface area (Å²) >= 11 is 0. The molecule has 0 fully saturated rings. The van der Waals surface area contributed by atoms with E-state index in [1.54, 1.807) is 30.3 Å². The fourth-order valence-corrected chi connectivity index (χ4v) is 3.09. The predicted octanol–water partition coefficient (Wildman–Crippen LogP) is 1.04. The van der Waals surface area contributed by atoms with E-state index in [0.29, 0.717) is 11.3 Å². The van der Waals surface area contributed by atoms with E-state index in [2.05, 4.69) is 10.3 Å². The highest BCUT2D eigenvalue weighted by Gasteiger charge is 2.20. The summed E-state index contributed by atoms with van der Waals surface area (Å²) in [5.74, 6) is -0.621. The number of amides is 1. The minimum Gasteiger partial charge on any atom is -0.381 e. The lowest BCUT2D eigenvalue weighted by Crippen LogP contribution is -2.23. The zero-order valence-electron chi connectivity index (χ0n) is 12.9. The van der Waals surface area contributed by atoms with Crippen molar-refractivity contribution in [2.45, 2.75) is 11.4 Å². The van der Waals surface area contributed by atoms with Crippen molar-refractivity contribution >= 4 is 21.6 Å². The number of nitrogens with zero attached hydrogens (tertiary/aromatic N) is 2. The first-order valence-corrected chi connectivity index (χ1v) is 8.26. The van der Waals surface area contributed by atoms with Crippen molar-refractivity contribution in [3.63, 3.8) is 0 Å². The number of nitrogens with one attached hydrogen (secondary N) is 1. The van der Waals surface area contributed by atoms with Crippen LogP contribution in [0.3, 0.4) is 0 Å². The Kier molecular flexibility index (Phi) is 4.97. The maximum absolute atomic E-state index is 12.3. The number of rotatable bonds is 6. The van der Waals surface area contributed by atoms with Crippen molar-refractivity contribution in [3.8, 4) is 0 Å². The van der Waals surface area contributed by atoms with Gasteiger partial charge in [-0.1, -0.05) is 18.2 Å². The van der Waals surface area contributed by atoms with Crippen molar-refractivity contribution < 1.29 is 13.2 Å². The molecule has 0 bridgehead atoms. The number of aromatic nitrogens is 1. The molecule has 3 N–H and O–H groups in total. The average Bonchev–Trinajstić information content (AvgIpc) is 2.53. The lowest BCUT2D eigenvalue weighted by atomic mass is 10.2. The van der Waals surface area contributed by atoms with E-state index in [0.717, 1.165) is 0 Å². The van der Waals surface area contributed by atoms with Crippen molar-refractivity contribution in [3.05, 3.63) is 53.9 Å². The zero-order valence-corrected chi connectivity index (χ0v) is 13.7. The number of hydrogen-bond donors (Lipinski definition) is 2. The Morgan fingerprint density at radius 1 is 1.26 bits per heavy atom. The lowest BCUT2D eigenvalue weighted by molar-refractivity contribution is 0.0995. The van der Waals surface area contributed by atoms with Crippen LogP contribution in [-0.2, 0) is 16.6 Å². The number of carbonyl (C=O) groups is 1. The lowest BCUT2D eigenvalue weighted by Gasteiger charge is -2.16. The number of hydrogen-bond acceptors (Lipinski definition) is 5. The van der Waals surface area contributed by atoms with Gasteiger partial charge in [0.1, 0.15) is 5.69 Å². The molecule has 0 saturated heterocycles. The molecule has 0 saturated carbocycles. The van der Waals surface area contributed by atoms with Crippen LogP contribution in [0.25, 0.3) is 0 Å². The van der Waals surface area contributed by atoms with E-state index < -0.39 is 15.9 Å². The molecule has 1 amide bonds. The van der Waals surface area contributed by atoms with Gasteiger partial charge in [0.25, 0.3) is 5.91 Å². The SMILES string of the molecule is CN(C)S(=O)(=O)c1ccccc1CNc1ccnc(C(N)=O)c1. The first-order chi connectivity index (χ1) is 10.8. The Hall–Kier alpha value is -2.45. The predicted molar refractivity (Wildman–Crippen MR) is 87.4 cm³/mol. The first-order valence-electron chi connectivity index (χ1n) is 6.82. The summed E-state index contributed by atoms with van der Waals surface area (Å²) < 4.78 is 25.8. The standard InChI is InChI=1S/C15H18N4O3S/c1-19(2)23(21,22)14-6-4-3-5-11(14)10-18-12-7-8-17-13(9-12)15(16)20/h3-9H,10H2,1-2H3,(H2,16,20)(H,17,18). The molecule has 0 atom stereocenters. The Morgan fingerprint density at radius 2 is 1.96 bits per heavy atom. The van der Waals surface area contributed by atoms with Crippen molar-refractivity contribution in [2.75, 3.05) is 19.4 Å². The summed E-state index contributed by atoms with van der Waals surface area (Å²) in [6.45, 7) is 0.283. The maximum atomic E-state index is 12.3. The molecule has 2 rings (SSSR count). The Bertz CT molecular complexity index is 819. The van der Waals surface area contributed by atoms with E-state index in [1.807, 2.05) is 0 Å². The Balaban J connectivity index is 2.25. The monoisotopic (exact) mass is 334 g/mol. The molecule has 7 nitrogen and oxygen atoms in total. The van der Waals surface area contributed by atoms with Crippen LogP contribution in [0.5, 0.6) is 0 Å². The highest BCUT2D eigenvalue weighted by Crippen LogP contribution is 2.20. The number of sulfonamides is 1. The third-order valence-corrected chi connectivity index (χ3v) is 5.14. The second kappa shape index (κ2) is 6.76. The number of carbonyl (C=O) groups excluding carboxylic acids is 1. The number of primary amides is 1. The van der Waals surface area contributed by atoms with Gasteiger partial charge in [0.2, 0.25) is 10.0 Å². The molecule has 2 aromatic rings. The molecule has 0 unspecified atom stereocenters. The van der Waals surface area contributed by atoms with Gasteiger partial charge in [-0.15, -0.1) is 0 Å². The largest absolute Gasteiger partial charge is 0.381 e.